The summed E-state index contributed by atoms with van der Waals surface area (Å²) in [6.45, 7) is 1.46. The van der Waals surface area contributed by atoms with Gasteiger partial charge in [0.25, 0.3) is 0 Å². The van der Waals surface area contributed by atoms with Crippen molar-refractivity contribution in [2.75, 3.05) is 5.75 Å². The van der Waals surface area contributed by atoms with Crippen LogP contribution in [0.5, 0.6) is 0 Å². The van der Waals surface area contributed by atoms with Crippen LogP contribution in [0.15, 0.2) is 60.7 Å². The number of carboxylic acids is 1. The summed E-state index contributed by atoms with van der Waals surface area (Å²) in [5.74, 6) is -1.55. The van der Waals surface area contributed by atoms with Crippen LogP contribution in [0, 0.1) is 5.92 Å². The molecule has 114 valence electrons. The number of hydrogen-bond acceptors (Lipinski definition) is 3. The van der Waals surface area contributed by atoms with Gasteiger partial charge in [0.1, 0.15) is 0 Å². The normalized spacial score (nSPS) is 12.1. The summed E-state index contributed by atoms with van der Waals surface area (Å²) < 4.78 is 0. The fraction of sp³-hybridized carbons (Fsp3) is 0.222. The summed E-state index contributed by atoms with van der Waals surface area (Å²) in [7, 11) is 0. The lowest BCUT2D eigenvalue weighted by Crippen LogP contribution is -2.25. The maximum atomic E-state index is 11.8. The number of carbonyl (C=O) groups is 2. The average Bonchev–Trinajstić information content (AvgIpc) is 2.52. The second-order valence-electron chi connectivity index (χ2n) is 5.05. The summed E-state index contributed by atoms with van der Waals surface area (Å²) in [6, 6.07) is 19.2. The number of carboxylic acid groups (broad SMARTS) is 1. The van der Waals surface area contributed by atoms with E-state index in [2.05, 4.69) is 0 Å². The van der Waals surface area contributed by atoms with Crippen LogP contribution in [0.4, 0.5) is 0 Å². The van der Waals surface area contributed by atoms with E-state index in [0.29, 0.717) is 0 Å². The molecule has 0 aliphatic rings. The van der Waals surface area contributed by atoms with Crippen LogP contribution >= 0.6 is 11.8 Å². The standard InChI is InChI=1S/C18H18O3S/c1-13(19)22-12-16(18(20)21)17(14-8-4-2-5-9-14)15-10-6-3-7-11-15/h2-11,16-17H,12H2,1H3,(H,20,21)/t16-/m1/s1. The van der Waals surface area contributed by atoms with Crippen molar-refractivity contribution in [3.8, 4) is 0 Å². The molecule has 2 aromatic carbocycles. The van der Waals surface area contributed by atoms with Gasteiger partial charge in [0.2, 0.25) is 0 Å². The zero-order valence-corrected chi connectivity index (χ0v) is 13.1. The van der Waals surface area contributed by atoms with E-state index in [1.165, 1.54) is 6.92 Å². The molecule has 0 aliphatic heterocycles. The van der Waals surface area contributed by atoms with Crippen molar-refractivity contribution in [3.05, 3.63) is 71.8 Å². The van der Waals surface area contributed by atoms with E-state index in [9.17, 15) is 14.7 Å². The Bertz CT molecular complexity index is 586. The van der Waals surface area contributed by atoms with Crippen molar-refractivity contribution in [2.45, 2.75) is 12.8 Å². The Morgan fingerprint density at radius 3 is 1.77 bits per heavy atom. The van der Waals surface area contributed by atoms with Gasteiger partial charge in [-0.2, -0.15) is 0 Å². The fourth-order valence-electron chi connectivity index (χ4n) is 2.50. The Labute approximate surface area is 134 Å². The first-order valence-electron chi connectivity index (χ1n) is 7.05. The molecule has 2 rings (SSSR count). The molecule has 0 amide bonds. The number of hydrogen-bond donors (Lipinski definition) is 1. The van der Waals surface area contributed by atoms with Crippen molar-refractivity contribution >= 4 is 22.8 Å². The van der Waals surface area contributed by atoms with E-state index >= 15 is 0 Å². The highest BCUT2D eigenvalue weighted by Crippen LogP contribution is 2.34. The van der Waals surface area contributed by atoms with Crippen LogP contribution in [-0.2, 0) is 9.59 Å². The highest BCUT2D eigenvalue weighted by molar-refractivity contribution is 8.13. The monoisotopic (exact) mass is 314 g/mol. The number of aliphatic carboxylic acids is 1. The molecular formula is C18H18O3S. The second kappa shape index (κ2) is 7.80. The molecule has 2 aromatic rings. The first-order chi connectivity index (χ1) is 10.6. The zero-order valence-electron chi connectivity index (χ0n) is 12.3. The van der Waals surface area contributed by atoms with Crippen molar-refractivity contribution in [3.63, 3.8) is 0 Å². The predicted octanol–water partition coefficient (Wildman–Crippen LogP) is 3.80. The van der Waals surface area contributed by atoms with Gasteiger partial charge < -0.3 is 5.11 Å². The van der Waals surface area contributed by atoms with Crippen molar-refractivity contribution in [2.24, 2.45) is 5.92 Å². The number of carbonyl (C=O) groups excluding carboxylic acids is 1. The lowest BCUT2D eigenvalue weighted by molar-refractivity contribution is -0.141. The fourth-order valence-corrected chi connectivity index (χ4v) is 3.24. The maximum Gasteiger partial charge on any atom is 0.308 e. The Balaban J connectivity index is 2.42. The largest absolute Gasteiger partial charge is 0.481 e. The first kappa shape index (κ1) is 16.3. The van der Waals surface area contributed by atoms with Crippen LogP contribution in [0.1, 0.15) is 24.0 Å². The first-order valence-corrected chi connectivity index (χ1v) is 8.04. The molecule has 22 heavy (non-hydrogen) atoms. The summed E-state index contributed by atoms with van der Waals surface area (Å²) in [5, 5.41) is 9.59. The Morgan fingerprint density at radius 2 is 1.41 bits per heavy atom. The molecule has 0 spiro atoms. The Hall–Kier alpha value is -2.07. The smallest absolute Gasteiger partial charge is 0.308 e. The van der Waals surface area contributed by atoms with Crippen LogP contribution in [0.25, 0.3) is 0 Å². The van der Waals surface area contributed by atoms with Crippen molar-refractivity contribution in [1.82, 2.24) is 0 Å². The van der Waals surface area contributed by atoms with Crippen molar-refractivity contribution < 1.29 is 14.7 Å². The molecule has 0 heterocycles. The molecule has 1 atom stereocenters. The third-order valence-corrected chi connectivity index (χ3v) is 4.44. The molecule has 0 bridgehead atoms. The van der Waals surface area contributed by atoms with Gasteiger partial charge in [-0.1, -0.05) is 72.4 Å². The van der Waals surface area contributed by atoms with Crippen LogP contribution < -0.4 is 0 Å². The van der Waals surface area contributed by atoms with Gasteiger partial charge in [-0.25, -0.2) is 0 Å². The van der Waals surface area contributed by atoms with Crippen LogP contribution in [0.3, 0.4) is 0 Å². The van der Waals surface area contributed by atoms with Crippen molar-refractivity contribution in [1.29, 1.82) is 0 Å². The maximum absolute atomic E-state index is 11.8. The van der Waals surface area contributed by atoms with Crippen LogP contribution in [0.2, 0.25) is 0 Å². The van der Waals surface area contributed by atoms with Gasteiger partial charge in [-0.3, -0.25) is 9.59 Å². The van der Waals surface area contributed by atoms with Gasteiger partial charge in [0.05, 0.1) is 5.92 Å². The molecule has 0 fully saturated rings. The van der Waals surface area contributed by atoms with E-state index in [-0.39, 0.29) is 16.8 Å². The highest BCUT2D eigenvalue weighted by atomic mass is 32.2. The molecule has 0 aliphatic carbocycles. The van der Waals surface area contributed by atoms with E-state index in [4.69, 9.17) is 0 Å². The zero-order chi connectivity index (χ0) is 15.9. The van der Waals surface area contributed by atoms with E-state index in [1.54, 1.807) is 0 Å². The molecule has 1 N–H and O–H groups in total. The summed E-state index contributed by atoms with van der Waals surface area (Å²) >= 11 is 1.07. The summed E-state index contributed by atoms with van der Waals surface area (Å²) in [6.07, 6.45) is 0. The number of thioether (sulfide) groups is 1. The third-order valence-electron chi connectivity index (χ3n) is 3.50. The van der Waals surface area contributed by atoms with Gasteiger partial charge in [0, 0.05) is 18.6 Å². The Kier molecular flexibility index (Phi) is 5.78. The average molecular weight is 314 g/mol. The summed E-state index contributed by atoms with van der Waals surface area (Å²) in [4.78, 5) is 23.0. The topological polar surface area (TPSA) is 54.4 Å². The quantitative estimate of drug-likeness (QED) is 0.881. The van der Waals surface area contributed by atoms with Gasteiger partial charge in [-0.15, -0.1) is 0 Å². The number of benzene rings is 2. The second-order valence-corrected chi connectivity index (χ2v) is 6.24. The van der Waals surface area contributed by atoms with E-state index in [0.717, 1.165) is 22.9 Å². The Morgan fingerprint density at radius 1 is 0.955 bits per heavy atom. The minimum Gasteiger partial charge on any atom is -0.481 e. The molecule has 0 radical (unpaired) electrons. The molecule has 0 saturated carbocycles. The predicted molar refractivity (Wildman–Crippen MR) is 89.0 cm³/mol. The number of rotatable bonds is 6. The van der Waals surface area contributed by atoms with Gasteiger partial charge in [-0.05, 0) is 11.1 Å². The van der Waals surface area contributed by atoms with Gasteiger partial charge >= 0.3 is 5.97 Å². The van der Waals surface area contributed by atoms with E-state index < -0.39 is 11.9 Å². The molecule has 3 nitrogen and oxygen atoms in total. The molecule has 0 saturated heterocycles. The molecular weight excluding hydrogens is 296 g/mol. The summed E-state index contributed by atoms with van der Waals surface area (Å²) in [5.41, 5.74) is 1.90. The molecule has 0 aromatic heterocycles. The van der Waals surface area contributed by atoms with Gasteiger partial charge in [0.15, 0.2) is 5.12 Å². The SMILES string of the molecule is CC(=O)SC[C@@H](C(=O)O)C(c1ccccc1)c1ccccc1. The minimum atomic E-state index is -0.883. The van der Waals surface area contributed by atoms with Crippen LogP contribution in [-0.4, -0.2) is 21.9 Å². The molecule has 4 heteroatoms. The minimum absolute atomic E-state index is 0.0638. The lowest BCUT2D eigenvalue weighted by atomic mass is 9.81. The molecule has 0 unspecified atom stereocenters. The lowest BCUT2D eigenvalue weighted by Gasteiger charge is -2.24. The van der Waals surface area contributed by atoms with E-state index in [1.807, 2.05) is 60.7 Å². The third kappa shape index (κ3) is 4.21. The highest BCUT2D eigenvalue weighted by Gasteiger charge is 2.31.